The smallest absolute Gasteiger partial charge is 0.407 e. The molecule has 3 saturated carbocycles. The molecule has 14 atom stereocenters. The molecule has 1 saturated heterocycles. The Bertz CT molecular complexity index is 1080. The highest BCUT2D eigenvalue weighted by atomic mass is 16.7. The first-order valence-electron chi connectivity index (χ1n) is 19.2. The normalized spacial score (nSPS) is 42.9. The second-order valence-electron chi connectivity index (χ2n) is 17.4. The van der Waals surface area contributed by atoms with Gasteiger partial charge in [0.25, 0.3) is 0 Å². The maximum atomic E-state index is 12.8. The second-order valence-corrected chi connectivity index (χ2v) is 17.4. The van der Waals surface area contributed by atoms with Crippen molar-refractivity contribution in [3.05, 3.63) is 11.6 Å². The fraction of sp³-hybridized carbons (Fsp3) is 0.923. The largest absolute Gasteiger partial charge is 0.446 e. The number of fused-ring (bicyclic) bond motifs is 5. The quantitative estimate of drug-likeness (QED) is 0.167. The molecule has 4 N–H and O–H groups in total. The van der Waals surface area contributed by atoms with Crippen molar-refractivity contribution in [2.45, 2.75) is 162 Å². The Kier molecular flexibility index (Phi) is 12.1. The first kappa shape index (κ1) is 37.1. The predicted octanol–water partition coefficient (Wildman–Crippen LogP) is 6.99. The molecule has 270 valence electrons. The van der Waals surface area contributed by atoms with Crippen molar-refractivity contribution in [1.29, 1.82) is 0 Å². The molecule has 1 aliphatic heterocycles. The maximum Gasteiger partial charge on any atom is 0.407 e. The van der Waals surface area contributed by atoms with Crippen molar-refractivity contribution < 1.29 is 34.3 Å². The van der Waals surface area contributed by atoms with Crippen LogP contribution in [0.25, 0.3) is 0 Å². The summed E-state index contributed by atoms with van der Waals surface area (Å²) in [4.78, 5) is 12.8. The average Bonchev–Trinajstić information content (AvgIpc) is 3.38. The molecule has 11 unspecified atom stereocenters. The number of carbonyl (C=O) groups excluding carboxylic acids is 1. The van der Waals surface area contributed by atoms with Crippen LogP contribution in [0, 0.1) is 52.3 Å². The van der Waals surface area contributed by atoms with Crippen LogP contribution >= 0.6 is 0 Å². The summed E-state index contributed by atoms with van der Waals surface area (Å²) in [5.41, 5.74) is 2.27. The minimum Gasteiger partial charge on any atom is -0.446 e. The number of amides is 1. The van der Waals surface area contributed by atoms with Crippen molar-refractivity contribution in [2.75, 3.05) is 13.2 Å². The van der Waals surface area contributed by atoms with Crippen molar-refractivity contribution in [3.8, 4) is 0 Å². The molecule has 0 aromatic carbocycles. The van der Waals surface area contributed by atoms with Crippen LogP contribution in [0.2, 0.25) is 0 Å². The molecule has 5 rings (SSSR count). The number of hydrogen-bond acceptors (Lipinski definition) is 7. The number of nitrogens with one attached hydrogen (secondary N) is 1. The summed E-state index contributed by atoms with van der Waals surface area (Å²) in [6.07, 6.45) is 11.2. The molecular weight excluding hydrogens is 594 g/mol. The van der Waals surface area contributed by atoms with Crippen LogP contribution in [-0.4, -0.2) is 71.4 Å². The highest BCUT2D eigenvalue weighted by Crippen LogP contribution is 2.67. The molecule has 4 fully saturated rings. The molecule has 47 heavy (non-hydrogen) atoms. The molecule has 1 heterocycles. The minimum atomic E-state index is -1.31. The van der Waals surface area contributed by atoms with Gasteiger partial charge >= 0.3 is 6.09 Å². The van der Waals surface area contributed by atoms with E-state index in [2.05, 4.69) is 46.0 Å². The van der Waals surface area contributed by atoms with Crippen LogP contribution < -0.4 is 5.32 Å². The molecule has 0 aromatic rings. The topological polar surface area (TPSA) is 117 Å². The lowest BCUT2D eigenvalue weighted by atomic mass is 9.47. The zero-order valence-corrected chi connectivity index (χ0v) is 30.5. The van der Waals surface area contributed by atoms with E-state index in [1.165, 1.54) is 56.9 Å². The summed E-state index contributed by atoms with van der Waals surface area (Å²) in [5, 5.41) is 32.9. The van der Waals surface area contributed by atoms with E-state index in [-0.39, 0.29) is 23.5 Å². The Morgan fingerprint density at radius 2 is 1.74 bits per heavy atom. The van der Waals surface area contributed by atoms with Crippen LogP contribution in [0.4, 0.5) is 4.79 Å². The average molecular weight is 662 g/mol. The number of aliphatic hydroxyl groups excluding tert-OH is 3. The van der Waals surface area contributed by atoms with Crippen LogP contribution in [0.15, 0.2) is 11.6 Å². The van der Waals surface area contributed by atoms with Gasteiger partial charge in [-0.05, 0) is 111 Å². The molecule has 0 spiro atoms. The highest BCUT2D eigenvalue weighted by Gasteiger charge is 2.59. The van der Waals surface area contributed by atoms with Crippen molar-refractivity contribution in [2.24, 2.45) is 52.3 Å². The summed E-state index contributed by atoms with van der Waals surface area (Å²) in [5.74, 6) is 5.05. The third-order valence-corrected chi connectivity index (χ3v) is 13.8. The number of carbonyl (C=O) groups is 1. The minimum absolute atomic E-state index is 0.0744. The van der Waals surface area contributed by atoms with Crippen molar-refractivity contribution >= 4 is 6.09 Å². The van der Waals surface area contributed by atoms with E-state index < -0.39 is 30.7 Å². The van der Waals surface area contributed by atoms with Gasteiger partial charge in [-0.1, -0.05) is 72.5 Å². The fourth-order valence-corrected chi connectivity index (χ4v) is 10.8. The van der Waals surface area contributed by atoms with Crippen LogP contribution in [0.5, 0.6) is 0 Å². The van der Waals surface area contributed by atoms with Gasteiger partial charge in [-0.2, -0.15) is 0 Å². The Labute approximate surface area is 284 Å². The van der Waals surface area contributed by atoms with E-state index in [1.54, 1.807) is 6.92 Å². The third kappa shape index (κ3) is 7.92. The van der Waals surface area contributed by atoms with Crippen LogP contribution in [0.1, 0.15) is 126 Å². The van der Waals surface area contributed by atoms with Gasteiger partial charge in [-0.25, -0.2) is 4.79 Å². The third-order valence-electron chi connectivity index (χ3n) is 13.8. The second kappa shape index (κ2) is 15.4. The number of alkyl carbamates (subject to hydrolysis) is 1. The summed E-state index contributed by atoms with van der Waals surface area (Å²) in [7, 11) is 0. The first-order valence-corrected chi connectivity index (χ1v) is 19.2. The van der Waals surface area contributed by atoms with Crippen molar-refractivity contribution in [3.63, 3.8) is 0 Å². The molecule has 8 nitrogen and oxygen atoms in total. The molecular formula is C39H67NO7. The molecule has 0 bridgehead atoms. The Morgan fingerprint density at radius 3 is 2.49 bits per heavy atom. The molecule has 1 amide bonds. The molecule has 0 aromatic heterocycles. The summed E-state index contributed by atoms with van der Waals surface area (Å²) in [6.45, 7) is 16.9. The zero-order chi connectivity index (χ0) is 34.1. The van der Waals surface area contributed by atoms with Gasteiger partial charge in [0.15, 0.2) is 6.29 Å². The summed E-state index contributed by atoms with van der Waals surface area (Å²) >= 11 is 0. The van der Waals surface area contributed by atoms with Gasteiger partial charge < -0.3 is 34.8 Å². The highest BCUT2D eigenvalue weighted by molar-refractivity contribution is 5.67. The molecule has 5 aliphatic rings. The van der Waals surface area contributed by atoms with Crippen molar-refractivity contribution in [1.82, 2.24) is 5.32 Å². The standard InChI is InChI=1S/C39H67NO7/c1-23(2)9-8-10-25(4)30-13-14-31-29-12-11-27-21-28(15-18-38(27,6)32(29)16-19-39(30,31)7)47-37(44)40-22-24(3)17-20-45-36-35(43)34(42)33(41)26(5)46-36/h11,23-26,28-36,41-43H,8-10,12-22H2,1-7H3,(H,40,44)/t24?,25?,26?,28?,29?,30?,31?,32?,33-,34?,35?,36?,38-,39+/m0/s1. The lowest BCUT2D eigenvalue weighted by molar-refractivity contribution is -0.293. The monoisotopic (exact) mass is 661 g/mol. The maximum absolute atomic E-state index is 12.8. The summed E-state index contributed by atoms with van der Waals surface area (Å²) < 4.78 is 17.1. The van der Waals surface area contributed by atoms with E-state index >= 15 is 0 Å². The van der Waals surface area contributed by atoms with Gasteiger partial charge in [-0.3, -0.25) is 0 Å². The van der Waals surface area contributed by atoms with Gasteiger partial charge in [0.1, 0.15) is 24.4 Å². The van der Waals surface area contributed by atoms with E-state index in [9.17, 15) is 20.1 Å². The zero-order valence-electron chi connectivity index (χ0n) is 30.5. The predicted molar refractivity (Wildman–Crippen MR) is 183 cm³/mol. The Balaban J connectivity index is 1.06. The Hall–Kier alpha value is -1.19. The van der Waals surface area contributed by atoms with Gasteiger partial charge in [0, 0.05) is 13.0 Å². The summed E-state index contributed by atoms with van der Waals surface area (Å²) in [6, 6.07) is 0. The lowest BCUT2D eigenvalue weighted by Gasteiger charge is -2.58. The Morgan fingerprint density at radius 1 is 0.979 bits per heavy atom. The van der Waals surface area contributed by atoms with Gasteiger partial charge in [-0.15, -0.1) is 0 Å². The fourth-order valence-electron chi connectivity index (χ4n) is 10.8. The number of rotatable bonds is 12. The van der Waals surface area contributed by atoms with E-state index in [4.69, 9.17) is 14.2 Å². The lowest BCUT2D eigenvalue weighted by Crippen LogP contribution is -2.57. The van der Waals surface area contributed by atoms with E-state index in [0.717, 1.165) is 54.8 Å². The number of aliphatic hydroxyl groups is 3. The first-order chi connectivity index (χ1) is 22.2. The number of allylic oxidation sites excluding steroid dienone is 1. The van der Waals surface area contributed by atoms with E-state index in [0.29, 0.717) is 25.0 Å². The molecule has 0 radical (unpaired) electrons. The molecule has 8 heteroatoms. The van der Waals surface area contributed by atoms with Crippen LogP contribution in [0.3, 0.4) is 0 Å². The van der Waals surface area contributed by atoms with Crippen LogP contribution in [-0.2, 0) is 14.2 Å². The molecule has 4 aliphatic carbocycles. The number of ether oxygens (including phenoxy) is 3. The number of hydrogen-bond donors (Lipinski definition) is 4. The van der Waals surface area contributed by atoms with E-state index in [1.807, 2.05) is 6.92 Å². The van der Waals surface area contributed by atoms with Gasteiger partial charge in [0.2, 0.25) is 0 Å². The SMILES string of the molecule is CC(C)CCCC(C)C1CCC2C3CC=C4CC(OC(=O)NCC(C)CCOC5OC(C)[C@H](O)C(O)C5O)CC[C@]4(C)C3CC[C@]12C. The van der Waals surface area contributed by atoms with Gasteiger partial charge in [0.05, 0.1) is 12.7 Å².